The molecule has 0 saturated heterocycles. The Morgan fingerprint density at radius 2 is 0.581 bits per heavy atom. The van der Waals surface area contributed by atoms with Crippen molar-refractivity contribution < 1.29 is 13.3 Å². The van der Waals surface area contributed by atoms with Crippen LogP contribution >= 0.6 is 45.3 Å². The standard InChI is InChI=1S/3C13H13NO.4C13H13NS/c1-8-12-10-6-4-5-7-11(10)15-13(12)9(2)14(8)3;1-8-9(2)14(3)12-10-6-4-5-7-11(10)15-13(8)12;1-8-9(2)14(3)13-12(8)10-6-4-5-7-11(10)15-13;2*1-8-12-10-6-4-5-7-11(10)15-13(12)9(2)14(8)3;1-8-9(2)14(3)12-10-6-4-5-7-11(10)15-13(8)12;1-8-9(2)14(3)13-12(8)10-6-4-5-7-11(10)15-13/h7*4-7H,1-3H3. The minimum atomic E-state index is 0.973. The summed E-state index contributed by atoms with van der Waals surface area (Å²) in [6.45, 7) is 30.4. The lowest BCUT2D eigenvalue weighted by atomic mass is 10.1. The average molecular weight is 1460 g/mol. The fourth-order valence-corrected chi connectivity index (χ4v) is 20.7. The number of rotatable bonds is 0. The van der Waals surface area contributed by atoms with E-state index in [2.05, 4.69) is 305 Å². The quantitative estimate of drug-likeness (QED) is 0.152. The average Bonchev–Trinajstić information content (AvgIpc) is 1.66. The molecule has 10 nitrogen and oxygen atoms in total. The van der Waals surface area contributed by atoms with Crippen molar-refractivity contribution in [1.82, 2.24) is 32.0 Å². The number of furan rings is 3. The fourth-order valence-electron chi connectivity index (χ4n) is 15.5. The van der Waals surface area contributed by atoms with Crippen molar-refractivity contribution in [3.8, 4) is 0 Å². The molecule has 14 aromatic heterocycles. The third-order valence-corrected chi connectivity index (χ3v) is 28.1. The summed E-state index contributed by atoms with van der Waals surface area (Å²) in [6, 6.07) is 59.2. The number of nitrogens with zero attached hydrogens (tertiary/aromatic N) is 7. The molecule has 7 aromatic carbocycles. The molecule has 0 N–H and O–H groups in total. The van der Waals surface area contributed by atoms with Crippen LogP contribution in [-0.4, -0.2) is 32.0 Å². The third kappa shape index (κ3) is 11.4. The number of aryl methyl sites for hydroxylation is 14. The van der Waals surface area contributed by atoms with E-state index in [1.54, 1.807) is 0 Å². The molecule has 0 atom stereocenters. The maximum Gasteiger partial charge on any atom is 0.208 e. The van der Waals surface area contributed by atoms with Gasteiger partial charge in [0.15, 0.2) is 11.2 Å². The lowest BCUT2D eigenvalue weighted by Crippen LogP contribution is -1.92. The summed E-state index contributed by atoms with van der Waals surface area (Å²) < 4.78 is 43.2. The zero-order valence-corrected chi connectivity index (χ0v) is 67.4. The number of aromatic nitrogens is 7. The van der Waals surface area contributed by atoms with E-state index in [-0.39, 0.29) is 0 Å². The molecule has 532 valence electrons. The molecule has 21 aromatic rings. The molecule has 0 radical (unpaired) electrons. The molecule has 0 amide bonds. The molecular formula is C91H91N7O3S4. The van der Waals surface area contributed by atoms with Gasteiger partial charge in [-0.05, 0) is 162 Å². The van der Waals surface area contributed by atoms with Crippen LogP contribution in [-0.2, 0) is 49.3 Å². The van der Waals surface area contributed by atoms with Gasteiger partial charge < -0.3 is 45.2 Å². The number of thiophene rings is 4. The summed E-state index contributed by atoms with van der Waals surface area (Å²) >= 11 is 7.59. The largest absolute Gasteiger partial charge is 0.454 e. The van der Waals surface area contributed by atoms with Gasteiger partial charge in [-0.25, -0.2) is 0 Å². The van der Waals surface area contributed by atoms with E-state index >= 15 is 0 Å². The van der Waals surface area contributed by atoms with Crippen molar-refractivity contribution in [2.45, 2.75) is 96.9 Å². The second kappa shape index (κ2) is 27.4. The summed E-state index contributed by atoms with van der Waals surface area (Å²) in [5.41, 5.74) is 27.2. The minimum Gasteiger partial charge on any atom is -0.454 e. The van der Waals surface area contributed by atoms with Crippen molar-refractivity contribution >= 4 is 192 Å². The second-order valence-corrected chi connectivity index (χ2v) is 32.5. The first-order valence-electron chi connectivity index (χ1n) is 35.9. The van der Waals surface area contributed by atoms with E-state index in [0.717, 1.165) is 33.6 Å². The number of fused-ring (bicyclic) bond motifs is 21. The Hall–Kier alpha value is -10.2. The van der Waals surface area contributed by atoms with Gasteiger partial charge in [-0.2, -0.15) is 0 Å². The Labute approximate surface area is 628 Å². The van der Waals surface area contributed by atoms with E-state index in [0.29, 0.717) is 0 Å². The van der Waals surface area contributed by atoms with Crippen molar-refractivity contribution in [2.75, 3.05) is 0 Å². The van der Waals surface area contributed by atoms with E-state index in [4.69, 9.17) is 13.3 Å². The molecular weight excluding hydrogens is 1370 g/mol. The lowest BCUT2D eigenvalue weighted by Gasteiger charge is -1.99. The van der Waals surface area contributed by atoms with E-state index in [1.807, 2.05) is 88.8 Å². The summed E-state index contributed by atoms with van der Waals surface area (Å²) in [5.74, 6) is 0. The predicted octanol–water partition coefficient (Wildman–Crippen LogP) is 26.7. The van der Waals surface area contributed by atoms with Crippen LogP contribution in [0.2, 0.25) is 0 Å². The zero-order chi connectivity index (χ0) is 74.0. The molecule has 105 heavy (non-hydrogen) atoms. The summed E-state index contributed by atoms with van der Waals surface area (Å²) in [5, 5.41) is 16.1. The molecule has 0 aliphatic carbocycles. The molecule has 0 aliphatic rings. The third-order valence-electron chi connectivity index (χ3n) is 23.1. The number of para-hydroxylation sites is 3. The van der Waals surface area contributed by atoms with Gasteiger partial charge in [0, 0.05) is 184 Å². The van der Waals surface area contributed by atoms with Crippen LogP contribution in [0.3, 0.4) is 0 Å². The Morgan fingerprint density at radius 3 is 1.12 bits per heavy atom. The molecule has 0 aliphatic heterocycles. The van der Waals surface area contributed by atoms with Gasteiger partial charge in [-0.1, -0.05) is 121 Å². The van der Waals surface area contributed by atoms with Crippen LogP contribution in [0.5, 0.6) is 0 Å². The highest BCUT2D eigenvalue weighted by Gasteiger charge is 2.22. The summed E-state index contributed by atoms with van der Waals surface area (Å²) in [4.78, 5) is 1.39. The molecule has 14 heteroatoms. The summed E-state index contributed by atoms with van der Waals surface area (Å²) in [7, 11) is 14.8. The molecule has 0 bridgehead atoms. The first-order chi connectivity index (χ1) is 50.4. The highest BCUT2D eigenvalue weighted by molar-refractivity contribution is 7.27. The molecule has 0 saturated carbocycles. The Balaban J connectivity index is 0.0000000983. The normalized spacial score (nSPS) is 11.7. The molecule has 0 spiro atoms. The number of hydrogen-bond donors (Lipinski definition) is 0. The maximum atomic E-state index is 5.86. The van der Waals surface area contributed by atoms with E-state index in [9.17, 15) is 0 Å². The van der Waals surface area contributed by atoms with Crippen LogP contribution < -0.4 is 0 Å². The highest BCUT2D eigenvalue weighted by atomic mass is 32.1. The first kappa shape index (κ1) is 70.4. The van der Waals surface area contributed by atoms with Crippen LogP contribution in [0.1, 0.15) is 79.2 Å². The van der Waals surface area contributed by atoms with Crippen molar-refractivity contribution in [3.63, 3.8) is 0 Å². The Bertz CT molecular complexity index is 5780. The van der Waals surface area contributed by atoms with E-state index < -0.39 is 0 Å². The predicted molar refractivity (Wildman–Crippen MR) is 458 cm³/mol. The van der Waals surface area contributed by atoms with Gasteiger partial charge in [0.2, 0.25) is 5.71 Å². The summed E-state index contributed by atoms with van der Waals surface area (Å²) in [6.07, 6.45) is 0. The van der Waals surface area contributed by atoms with Gasteiger partial charge in [-0.15, -0.1) is 45.3 Å². The number of benzene rings is 7. The van der Waals surface area contributed by atoms with Gasteiger partial charge in [0.1, 0.15) is 21.6 Å². The SMILES string of the molecule is Cc1c(C)n(C)c2c1oc1ccccc12.Cc1c(C)n(C)c2c1sc1ccccc12.Cc1c(C)n(C)c2oc3ccccc3c12.Cc1c(C)n(C)c2sc3ccccc3c12.Cc1c2oc3ccccc3c2c(C)n1C.Cc1c2sc3ccccc3c2c(C)n1C.Cc1c2sc3ccccc3c2c(C)n1C. The van der Waals surface area contributed by atoms with E-state index in [1.165, 1.54) is 193 Å². The van der Waals surface area contributed by atoms with Crippen LogP contribution in [0.25, 0.3) is 147 Å². The van der Waals surface area contributed by atoms with Gasteiger partial charge in [-0.3, -0.25) is 0 Å². The highest BCUT2D eigenvalue weighted by Crippen LogP contribution is 2.44. The zero-order valence-electron chi connectivity index (χ0n) is 64.2. The maximum absolute atomic E-state index is 5.86. The molecule has 14 heterocycles. The van der Waals surface area contributed by atoms with Crippen molar-refractivity contribution in [2.24, 2.45) is 49.3 Å². The monoisotopic (exact) mass is 1460 g/mol. The lowest BCUT2D eigenvalue weighted by molar-refractivity contribution is 0.626. The van der Waals surface area contributed by atoms with Gasteiger partial charge in [0.25, 0.3) is 0 Å². The Kier molecular flexibility index (Phi) is 18.4. The van der Waals surface area contributed by atoms with Crippen LogP contribution in [0, 0.1) is 96.9 Å². The second-order valence-electron chi connectivity index (χ2n) is 28.3. The minimum absolute atomic E-state index is 0.973. The smallest absolute Gasteiger partial charge is 0.208 e. The molecule has 21 rings (SSSR count). The Morgan fingerprint density at radius 1 is 0.229 bits per heavy atom. The van der Waals surface area contributed by atoms with Crippen molar-refractivity contribution in [1.29, 1.82) is 0 Å². The van der Waals surface area contributed by atoms with Gasteiger partial charge >= 0.3 is 0 Å². The first-order valence-corrected chi connectivity index (χ1v) is 39.2. The molecule has 0 fully saturated rings. The topological polar surface area (TPSA) is 73.9 Å². The van der Waals surface area contributed by atoms with Gasteiger partial charge in [0.05, 0.1) is 36.2 Å². The van der Waals surface area contributed by atoms with Crippen LogP contribution in [0.4, 0.5) is 0 Å². The number of hydrogen-bond acceptors (Lipinski definition) is 7. The van der Waals surface area contributed by atoms with Crippen LogP contribution in [0.15, 0.2) is 183 Å². The fraction of sp³-hybridized carbons (Fsp3) is 0.231. The van der Waals surface area contributed by atoms with Crippen molar-refractivity contribution in [3.05, 3.63) is 249 Å². The molecule has 0 unspecified atom stereocenters.